The fourth-order valence-electron chi connectivity index (χ4n) is 1.95. The number of hydrogen-bond donors (Lipinski definition) is 1. The highest BCUT2D eigenvalue weighted by Gasteiger charge is 2.10. The second kappa shape index (κ2) is 6.40. The summed E-state index contributed by atoms with van der Waals surface area (Å²) in [5, 5.41) is 0. The summed E-state index contributed by atoms with van der Waals surface area (Å²) >= 11 is 0. The van der Waals surface area contributed by atoms with Crippen molar-refractivity contribution in [2.75, 3.05) is 13.7 Å². The summed E-state index contributed by atoms with van der Waals surface area (Å²) < 4.78 is 10.0. The number of ether oxygens (including phenoxy) is 2. The molecule has 0 saturated heterocycles. The van der Waals surface area contributed by atoms with E-state index in [-0.39, 0.29) is 18.6 Å². The molecule has 1 aromatic carbocycles. The molecule has 0 fully saturated rings. The van der Waals surface area contributed by atoms with Crippen molar-refractivity contribution in [3.05, 3.63) is 28.8 Å². The number of rotatable bonds is 5. The van der Waals surface area contributed by atoms with Crippen molar-refractivity contribution in [2.45, 2.75) is 33.2 Å². The zero-order valence-corrected chi connectivity index (χ0v) is 11.4. The van der Waals surface area contributed by atoms with Gasteiger partial charge in [0, 0.05) is 6.04 Å². The lowest BCUT2D eigenvalue weighted by Crippen LogP contribution is -2.18. The Hall–Kier alpha value is -1.55. The molecule has 0 aliphatic carbocycles. The molecule has 0 heterocycles. The topological polar surface area (TPSA) is 61.5 Å². The van der Waals surface area contributed by atoms with Gasteiger partial charge in [-0.05, 0) is 43.9 Å². The number of carbonyl (C=O) groups is 1. The van der Waals surface area contributed by atoms with Crippen molar-refractivity contribution in [1.82, 2.24) is 0 Å². The van der Waals surface area contributed by atoms with Gasteiger partial charge in [0.05, 0.1) is 7.11 Å². The standard InChI is InChI=1S/C14H21NO3/c1-9-5-12(7-11(3)15)6-10(2)14(9)18-8-13(16)17-4/h5-6,11H,7-8,15H2,1-4H3. The van der Waals surface area contributed by atoms with Gasteiger partial charge in [-0.2, -0.15) is 0 Å². The van der Waals surface area contributed by atoms with Gasteiger partial charge in [0.15, 0.2) is 6.61 Å². The van der Waals surface area contributed by atoms with Gasteiger partial charge in [-0.3, -0.25) is 0 Å². The van der Waals surface area contributed by atoms with E-state index in [0.29, 0.717) is 0 Å². The van der Waals surface area contributed by atoms with Crippen molar-refractivity contribution >= 4 is 5.97 Å². The van der Waals surface area contributed by atoms with E-state index in [1.165, 1.54) is 12.7 Å². The molecule has 0 saturated carbocycles. The molecule has 0 amide bonds. The molecule has 100 valence electrons. The van der Waals surface area contributed by atoms with Crippen LogP contribution in [0.4, 0.5) is 0 Å². The molecule has 0 aliphatic heterocycles. The molecule has 0 aromatic heterocycles. The van der Waals surface area contributed by atoms with Gasteiger partial charge >= 0.3 is 5.97 Å². The second-order valence-electron chi connectivity index (χ2n) is 4.60. The first-order valence-corrected chi connectivity index (χ1v) is 5.99. The van der Waals surface area contributed by atoms with Crippen LogP contribution in [0.5, 0.6) is 5.75 Å². The molecule has 0 spiro atoms. The molecular formula is C14H21NO3. The van der Waals surface area contributed by atoms with Crippen LogP contribution < -0.4 is 10.5 Å². The summed E-state index contributed by atoms with van der Waals surface area (Å²) in [6.07, 6.45) is 0.832. The minimum atomic E-state index is -0.381. The fraction of sp³-hybridized carbons (Fsp3) is 0.500. The maximum Gasteiger partial charge on any atom is 0.343 e. The predicted octanol–water partition coefficient (Wildman–Crippen LogP) is 1.74. The summed E-state index contributed by atoms with van der Waals surface area (Å²) in [6, 6.07) is 4.22. The average molecular weight is 251 g/mol. The molecule has 1 atom stereocenters. The number of benzene rings is 1. The normalized spacial score (nSPS) is 12.1. The highest BCUT2D eigenvalue weighted by molar-refractivity contribution is 5.71. The summed E-state index contributed by atoms with van der Waals surface area (Å²) in [5.41, 5.74) is 8.99. The van der Waals surface area contributed by atoms with Gasteiger partial charge in [-0.15, -0.1) is 0 Å². The summed E-state index contributed by atoms with van der Waals surface area (Å²) in [6.45, 7) is 5.84. The van der Waals surface area contributed by atoms with Crippen molar-refractivity contribution in [3.8, 4) is 5.75 Å². The van der Waals surface area contributed by atoms with Crippen molar-refractivity contribution < 1.29 is 14.3 Å². The van der Waals surface area contributed by atoms with Crippen LogP contribution in [0.1, 0.15) is 23.6 Å². The molecular weight excluding hydrogens is 230 g/mol. The second-order valence-corrected chi connectivity index (χ2v) is 4.60. The molecule has 2 N–H and O–H groups in total. The highest BCUT2D eigenvalue weighted by atomic mass is 16.6. The van der Waals surface area contributed by atoms with Crippen molar-refractivity contribution in [3.63, 3.8) is 0 Å². The van der Waals surface area contributed by atoms with Gasteiger partial charge in [0.25, 0.3) is 0 Å². The lowest BCUT2D eigenvalue weighted by Gasteiger charge is -2.14. The van der Waals surface area contributed by atoms with Gasteiger partial charge < -0.3 is 15.2 Å². The lowest BCUT2D eigenvalue weighted by atomic mass is 10.0. The summed E-state index contributed by atoms with van der Waals surface area (Å²) in [5.74, 6) is 0.363. The van der Waals surface area contributed by atoms with E-state index < -0.39 is 0 Å². The maximum atomic E-state index is 11.1. The Balaban J connectivity index is 2.84. The Kier molecular flexibility index (Phi) is 5.16. The Labute approximate surface area is 108 Å². The third-order valence-corrected chi connectivity index (χ3v) is 2.64. The third kappa shape index (κ3) is 4.04. The minimum absolute atomic E-state index is 0.0647. The van der Waals surface area contributed by atoms with E-state index >= 15 is 0 Å². The van der Waals surface area contributed by atoms with E-state index in [1.54, 1.807) is 0 Å². The van der Waals surface area contributed by atoms with Gasteiger partial charge in [-0.1, -0.05) is 12.1 Å². The zero-order valence-electron chi connectivity index (χ0n) is 11.4. The first kappa shape index (κ1) is 14.5. The number of methoxy groups -OCH3 is 1. The lowest BCUT2D eigenvalue weighted by molar-refractivity contribution is -0.142. The number of aryl methyl sites for hydroxylation is 2. The zero-order chi connectivity index (χ0) is 13.7. The van der Waals surface area contributed by atoms with Crippen molar-refractivity contribution in [1.29, 1.82) is 0 Å². The number of hydrogen-bond acceptors (Lipinski definition) is 4. The van der Waals surface area contributed by atoms with Crippen molar-refractivity contribution in [2.24, 2.45) is 5.73 Å². The molecule has 4 nitrogen and oxygen atoms in total. The summed E-state index contributed by atoms with van der Waals surface area (Å²) in [7, 11) is 1.34. The van der Waals surface area contributed by atoms with Crippen LogP contribution >= 0.6 is 0 Å². The van der Waals surface area contributed by atoms with Crippen LogP contribution in [0, 0.1) is 13.8 Å². The molecule has 0 aliphatic rings. The first-order valence-electron chi connectivity index (χ1n) is 5.99. The largest absolute Gasteiger partial charge is 0.481 e. The minimum Gasteiger partial charge on any atom is -0.481 e. The summed E-state index contributed by atoms with van der Waals surface area (Å²) in [4.78, 5) is 11.1. The molecule has 4 heteroatoms. The molecule has 1 rings (SSSR count). The van der Waals surface area contributed by atoms with E-state index in [1.807, 2.05) is 32.9 Å². The molecule has 0 radical (unpaired) electrons. The quantitative estimate of drug-likeness (QED) is 0.810. The molecule has 1 aromatic rings. The molecule has 0 bridgehead atoms. The molecule has 18 heavy (non-hydrogen) atoms. The highest BCUT2D eigenvalue weighted by Crippen LogP contribution is 2.25. The Morgan fingerprint density at radius 1 is 1.33 bits per heavy atom. The van der Waals surface area contributed by atoms with Gasteiger partial charge in [0.2, 0.25) is 0 Å². The van der Waals surface area contributed by atoms with Crippen LogP contribution in [0.3, 0.4) is 0 Å². The predicted molar refractivity (Wildman–Crippen MR) is 70.8 cm³/mol. The third-order valence-electron chi connectivity index (χ3n) is 2.64. The number of carbonyl (C=O) groups excluding carboxylic acids is 1. The van der Waals surface area contributed by atoms with Gasteiger partial charge in [0.1, 0.15) is 5.75 Å². The maximum absolute atomic E-state index is 11.1. The van der Waals surface area contributed by atoms with E-state index in [4.69, 9.17) is 10.5 Å². The van der Waals surface area contributed by atoms with Gasteiger partial charge in [-0.25, -0.2) is 4.79 Å². The van der Waals surface area contributed by atoms with Crippen LogP contribution in [0.15, 0.2) is 12.1 Å². The Morgan fingerprint density at radius 2 is 1.89 bits per heavy atom. The first-order chi connectivity index (χ1) is 8.43. The van der Waals surface area contributed by atoms with Crippen LogP contribution in [0.2, 0.25) is 0 Å². The average Bonchev–Trinajstić information content (AvgIpc) is 2.26. The van der Waals surface area contributed by atoms with E-state index in [0.717, 1.165) is 23.3 Å². The smallest absolute Gasteiger partial charge is 0.343 e. The molecule has 1 unspecified atom stereocenters. The SMILES string of the molecule is COC(=O)COc1c(C)cc(CC(C)N)cc1C. The van der Waals surface area contributed by atoms with E-state index in [2.05, 4.69) is 4.74 Å². The fourth-order valence-corrected chi connectivity index (χ4v) is 1.95. The number of nitrogens with two attached hydrogens (primary N) is 1. The van der Waals surface area contributed by atoms with Crippen LogP contribution in [-0.2, 0) is 16.0 Å². The van der Waals surface area contributed by atoms with E-state index in [9.17, 15) is 4.79 Å². The Morgan fingerprint density at radius 3 is 2.33 bits per heavy atom. The monoisotopic (exact) mass is 251 g/mol. The van der Waals surface area contributed by atoms with Crippen LogP contribution in [0.25, 0.3) is 0 Å². The Bertz CT molecular complexity index is 404. The van der Waals surface area contributed by atoms with Crippen LogP contribution in [-0.4, -0.2) is 25.7 Å². The number of esters is 1.